The molecule has 1 aliphatic heterocycles. The number of halogens is 1. The first-order valence-corrected chi connectivity index (χ1v) is 11.8. The van der Waals surface area contributed by atoms with Gasteiger partial charge >= 0.3 is 0 Å². The molecular weight excluding hydrogens is 387 g/mol. The fourth-order valence-electron chi connectivity index (χ4n) is 4.75. The highest BCUT2D eigenvalue weighted by molar-refractivity contribution is 5.94. The summed E-state index contributed by atoms with van der Waals surface area (Å²) in [5.41, 5.74) is 2.72. The smallest absolute Gasteiger partial charge is 0.253 e. The van der Waals surface area contributed by atoms with Crippen molar-refractivity contribution < 1.29 is 9.18 Å². The Kier molecular flexibility index (Phi) is 7.88. The van der Waals surface area contributed by atoms with Crippen molar-refractivity contribution in [1.29, 1.82) is 0 Å². The Labute approximate surface area is 187 Å². The van der Waals surface area contributed by atoms with Crippen molar-refractivity contribution >= 4 is 5.91 Å². The van der Waals surface area contributed by atoms with Gasteiger partial charge in [0.2, 0.25) is 0 Å². The number of benzene rings is 2. The van der Waals surface area contributed by atoms with Gasteiger partial charge in [-0.25, -0.2) is 4.39 Å². The second-order valence-corrected chi connectivity index (χ2v) is 9.17. The van der Waals surface area contributed by atoms with Crippen LogP contribution in [-0.4, -0.2) is 48.4 Å². The molecule has 0 aliphatic carbocycles. The van der Waals surface area contributed by atoms with Gasteiger partial charge in [0.25, 0.3) is 5.91 Å². The minimum Gasteiger partial charge on any atom is -0.339 e. The van der Waals surface area contributed by atoms with E-state index >= 15 is 0 Å². The third kappa shape index (κ3) is 5.35. The summed E-state index contributed by atoms with van der Waals surface area (Å²) in [6, 6.07) is 15.2. The number of amides is 1. The maximum absolute atomic E-state index is 14.2. The minimum atomic E-state index is -0.215. The Morgan fingerprint density at radius 2 is 1.68 bits per heavy atom. The topological polar surface area (TPSA) is 23.6 Å². The lowest BCUT2D eigenvalue weighted by Crippen LogP contribution is -2.44. The van der Waals surface area contributed by atoms with E-state index in [-0.39, 0.29) is 17.1 Å². The molecule has 1 saturated heterocycles. The zero-order chi connectivity index (χ0) is 22.4. The summed E-state index contributed by atoms with van der Waals surface area (Å²) in [7, 11) is 0. The van der Waals surface area contributed by atoms with Gasteiger partial charge in [-0.2, -0.15) is 0 Å². The van der Waals surface area contributed by atoms with Gasteiger partial charge in [-0.15, -0.1) is 0 Å². The number of rotatable bonds is 8. The molecule has 4 heteroatoms. The zero-order valence-corrected chi connectivity index (χ0v) is 19.5. The molecule has 0 N–H and O–H groups in total. The van der Waals surface area contributed by atoms with Crippen molar-refractivity contribution in [3.05, 3.63) is 71.0 Å². The molecule has 0 bridgehead atoms. The van der Waals surface area contributed by atoms with Gasteiger partial charge < -0.3 is 9.80 Å². The number of carbonyl (C=O) groups is 1. The molecule has 0 saturated carbocycles. The van der Waals surface area contributed by atoms with E-state index in [0.717, 1.165) is 43.6 Å². The number of hydrogen-bond acceptors (Lipinski definition) is 2. The van der Waals surface area contributed by atoms with Crippen LogP contribution < -0.4 is 0 Å². The third-order valence-corrected chi connectivity index (χ3v) is 6.84. The zero-order valence-electron chi connectivity index (χ0n) is 19.5. The van der Waals surface area contributed by atoms with Gasteiger partial charge in [-0.3, -0.25) is 4.79 Å². The Bertz CT molecular complexity index is 850. The second kappa shape index (κ2) is 10.4. The Balaban J connectivity index is 1.89. The Hall–Kier alpha value is -2.20. The lowest BCUT2D eigenvalue weighted by Gasteiger charge is -2.43. The summed E-state index contributed by atoms with van der Waals surface area (Å²) in [6.45, 7) is 13.1. The molecule has 1 aliphatic rings. The van der Waals surface area contributed by atoms with Gasteiger partial charge in [0.15, 0.2) is 0 Å². The van der Waals surface area contributed by atoms with Gasteiger partial charge in [-0.05, 0) is 94.1 Å². The van der Waals surface area contributed by atoms with Crippen molar-refractivity contribution in [2.45, 2.75) is 52.4 Å². The molecule has 0 spiro atoms. The van der Waals surface area contributed by atoms with Crippen LogP contribution in [0.5, 0.6) is 0 Å². The van der Waals surface area contributed by atoms with Crippen LogP contribution in [0.3, 0.4) is 0 Å². The molecule has 2 aromatic rings. The molecule has 1 amide bonds. The SMILES string of the molecule is CCN(CC)C(=O)c1ccc(C2(c3cccc(F)c3)CCN(CCC(C)C)CC2)cc1. The molecule has 31 heavy (non-hydrogen) atoms. The van der Waals surface area contributed by atoms with Crippen LogP contribution in [0.2, 0.25) is 0 Å². The molecule has 3 nitrogen and oxygen atoms in total. The van der Waals surface area contributed by atoms with Crippen LogP contribution in [0.1, 0.15) is 68.4 Å². The maximum Gasteiger partial charge on any atom is 0.253 e. The van der Waals surface area contributed by atoms with Crippen LogP contribution in [0.4, 0.5) is 4.39 Å². The summed E-state index contributed by atoms with van der Waals surface area (Å²) >= 11 is 0. The highest BCUT2D eigenvalue weighted by Gasteiger charge is 2.38. The highest BCUT2D eigenvalue weighted by atomic mass is 19.1. The molecule has 0 atom stereocenters. The first-order valence-electron chi connectivity index (χ1n) is 11.8. The molecule has 0 unspecified atom stereocenters. The molecule has 3 rings (SSSR count). The average molecular weight is 425 g/mol. The molecule has 2 aromatic carbocycles. The average Bonchev–Trinajstić information content (AvgIpc) is 2.79. The lowest BCUT2D eigenvalue weighted by molar-refractivity contribution is 0.0773. The minimum absolute atomic E-state index is 0.0693. The summed E-state index contributed by atoms with van der Waals surface area (Å²) in [5, 5.41) is 0. The monoisotopic (exact) mass is 424 g/mol. The molecule has 168 valence electrons. The molecule has 0 aromatic heterocycles. The predicted octanol–water partition coefficient (Wildman–Crippen LogP) is 5.74. The van der Waals surface area contributed by atoms with E-state index in [9.17, 15) is 9.18 Å². The number of hydrogen-bond donors (Lipinski definition) is 0. The van der Waals surface area contributed by atoms with Crippen LogP contribution in [0.15, 0.2) is 48.5 Å². The first-order chi connectivity index (χ1) is 14.9. The predicted molar refractivity (Wildman–Crippen MR) is 126 cm³/mol. The van der Waals surface area contributed by atoms with Gasteiger partial charge in [-0.1, -0.05) is 38.1 Å². The summed E-state index contributed by atoms with van der Waals surface area (Å²) in [5.74, 6) is 0.582. The van der Waals surface area contributed by atoms with Crippen LogP contribution in [0, 0.1) is 11.7 Å². The Morgan fingerprint density at radius 3 is 2.23 bits per heavy atom. The van der Waals surface area contributed by atoms with Crippen LogP contribution in [-0.2, 0) is 5.41 Å². The quantitative estimate of drug-likeness (QED) is 0.540. The van der Waals surface area contributed by atoms with E-state index in [1.54, 1.807) is 6.07 Å². The van der Waals surface area contributed by atoms with Crippen LogP contribution >= 0.6 is 0 Å². The fourth-order valence-corrected chi connectivity index (χ4v) is 4.75. The number of likely N-dealkylation sites (tertiary alicyclic amines) is 1. The number of carbonyl (C=O) groups excluding carboxylic acids is 1. The van der Waals surface area contributed by atoms with Crippen molar-refractivity contribution in [3.8, 4) is 0 Å². The van der Waals surface area contributed by atoms with Gasteiger partial charge in [0.1, 0.15) is 5.82 Å². The van der Waals surface area contributed by atoms with E-state index in [4.69, 9.17) is 0 Å². The molecule has 1 fully saturated rings. The fraction of sp³-hybridized carbons (Fsp3) is 0.519. The van der Waals surface area contributed by atoms with E-state index in [0.29, 0.717) is 19.0 Å². The third-order valence-electron chi connectivity index (χ3n) is 6.84. The van der Waals surface area contributed by atoms with Crippen molar-refractivity contribution in [1.82, 2.24) is 9.80 Å². The lowest BCUT2D eigenvalue weighted by atomic mass is 9.68. The van der Waals surface area contributed by atoms with Crippen LogP contribution in [0.25, 0.3) is 0 Å². The molecular formula is C27H37FN2O. The van der Waals surface area contributed by atoms with Crippen molar-refractivity contribution in [3.63, 3.8) is 0 Å². The number of nitrogens with zero attached hydrogens (tertiary/aromatic N) is 2. The first kappa shape index (κ1) is 23.5. The van der Waals surface area contributed by atoms with E-state index in [2.05, 4.69) is 36.9 Å². The standard InChI is InChI=1S/C27H37FN2O/c1-5-30(6-2)26(31)22-10-12-23(13-11-22)27(24-8-7-9-25(28)20-24)15-18-29(19-16-27)17-14-21(3)4/h7-13,20-21H,5-6,14-19H2,1-4H3. The normalized spacial score (nSPS) is 16.5. The largest absolute Gasteiger partial charge is 0.339 e. The summed E-state index contributed by atoms with van der Waals surface area (Å²) < 4.78 is 14.2. The van der Waals surface area contributed by atoms with E-state index in [1.807, 2.05) is 36.9 Å². The van der Waals surface area contributed by atoms with E-state index < -0.39 is 0 Å². The number of piperidine rings is 1. The molecule has 1 heterocycles. The van der Waals surface area contributed by atoms with Crippen molar-refractivity contribution in [2.24, 2.45) is 5.92 Å². The summed E-state index contributed by atoms with van der Waals surface area (Å²) in [6.07, 6.45) is 3.12. The van der Waals surface area contributed by atoms with E-state index in [1.165, 1.54) is 18.1 Å². The highest BCUT2D eigenvalue weighted by Crippen LogP contribution is 2.42. The maximum atomic E-state index is 14.2. The Morgan fingerprint density at radius 1 is 1.03 bits per heavy atom. The van der Waals surface area contributed by atoms with Gasteiger partial charge in [0, 0.05) is 24.1 Å². The molecule has 0 radical (unpaired) electrons. The second-order valence-electron chi connectivity index (χ2n) is 9.17. The van der Waals surface area contributed by atoms with Gasteiger partial charge in [0.05, 0.1) is 0 Å². The van der Waals surface area contributed by atoms with Crippen molar-refractivity contribution in [2.75, 3.05) is 32.7 Å². The summed E-state index contributed by atoms with van der Waals surface area (Å²) in [4.78, 5) is 17.1.